The highest BCUT2D eigenvalue weighted by Crippen LogP contribution is 2.19. The van der Waals surface area contributed by atoms with Crippen LogP contribution >= 0.6 is 12.2 Å². The van der Waals surface area contributed by atoms with Gasteiger partial charge in [-0.3, -0.25) is 10.4 Å². The highest BCUT2D eigenvalue weighted by Gasteiger charge is 2.00. The van der Waals surface area contributed by atoms with Crippen LogP contribution in [0.15, 0.2) is 47.8 Å². The van der Waals surface area contributed by atoms with E-state index >= 15 is 0 Å². The molecule has 0 radical (unpaired) electrons. The minimum Gasteiger partial charge on any atom is -0.397 e. The Morgan fingerprint density at radius 1 is 1.36 bits per heavy atom. The fraction of sp³-hybridized carbons (Fsp3) is 0.133. The quantitative estimate of drug-likeness (QED) is 0.279. The molecule has 0 atom stereocenters. The van der Waals surface area contributed by atoms with Gasteiger partial charge < -0.3 is 16.8 Å². The number of hydrogen-bond donors (Lipinski definition) is 4. The average molecular weight is 314 g/mol. The number of thiocarbonyl (C=S) groups is 1. The van der Waals surface area contributed by atoms with E-state index in [-0.39, 0.29) is 5.11 Å². The average Bonchev–Trinajstić information content (AvgIpc) is 2.50. The Labute approximate surface area is 134 Å². The highest BCUT2D eigenvalue weighted by molar-refractivity contribution is 7.80. The summed E-state index contributed by atoms with van der Waals surface area (Å²) >= 11 is 4.66. The van der Waals surface area contributed by atoms with Crippen molar-refractivity contribution in [1.29, 1.82) is 0 Å². The van der Waals surface area contributed by atoms with Gasteiger partial charge in [0.25, 0.3) is 0 Å². The summed E-state index contributed by atoms with van der Waals surface area (Å²) in [4.78, 5) is 4.09. The van der Waals surface area contributed by atoms with Gasteiger partial charge in [-0.2, -0.15) is 5.10 Å². The van der Waals surface area contributed by atoms with Crippen molar-refractivity contribution < 1.29 is 0 Å². The summed E-state index contributed by atoms with van der Waals surface area (Å²) in [7, 11) is 0. The largest absolute Gasteiger partial charge is 0.397 e. The van der Waals surface area contributed by atoms with E-state index in [1.807, 2.05) is 36.5 Å². The summed E-state index contributed by atoms with van der Waals surface area (Å²) in [6.45, 7) is 0.784. The summed E-state index contributed by atoms with van der Waals surface area (Å²) in [5, 5.41) is 7.32. The molecule has 0 aliphatic rings. The van der Waals surface area contributed by atoms with E-state index in [1.54, 1.807) is 12.4 Å². The van der Waals surface area contributed by atoms with Crippen LogP contribution in [-0.4, -0.2) is 22.9 Å². The Morgan fingerprint density at radius 2 is 2.23 bits per heavy atom. The number of nitrogen functional groups attached to an aromatic ring is 1. The van der Waals surface area contributed by atoms with Crippen molar-refractivity contribution in [2.24, 2.45) is 10.8 Å². The van der Waals surface area contributed by atoms with Crippen LogP contribution in [0.3, 0.4) is 0 Å². The summed E-state index contributed by atoms with van der Waals surface area (Å²) in [6.07, 6.45) is 6.12. The van der Waals surface area contributed by atoms with Crippen molar-refractivity contribution in [3.05, 3.63) is 53.9 Å². The summed E-state index contributed by atoms with van der Waals surface area (Å²) in [5.41, 5.74) is 17.4. The molecular weight excluding hydrogens is 296 g/mol. The van der Waals surface area contributed by atoms with Gasteiger partial charge in [0.1, 0.15) is 0 Å². The second-order valence-electron chi connectivity index (χ2n) is 4.62. The summed E-state index contributed by atoms with van der Waals surface area (Å²) in [6, 6.07) is 9.64. The Morgan fingerprint density at radius 3 is 2.91 bits per heavy atom. The number of nitrogens with one attached hydrogen (secondary N) is 2. The maximum absolute atomic E-state index is 6.02. The van der Waals surface area contributed by atoms with Crippen molar-refractivity contribution >= 4 is 34.9 Å². The van der Waals surface area contributed by atoms with E-state index in [0.717, 1.165) is 24.2 Å². The van der Waals surface area contributed by atoms with Crippen LogP contribution in [-0.2, 0) is 6.42 Å². The van der Waals surface area contributed by atoms with Crippen molar-refractivity contribution in [3.63, 3.8) is 0 Å². The van der Waals surface area contributed by atoms with E-state index in [4.69, 9.17) is 11.5 Å². The van der Waals surface area contributed by atoms with Gasteiger partial charge in [-0.1, -0.05) is 12.1 Å². The zero-order valence-electron chi connectivity index (χ0n) is 12.0. The molecule has 0 saturated carbocycles. The molecule has 2 aromatic rings. The molecular formula is C15H18N6S. The number of nitrogens with zero attached hydrogens (tertiary/aromatic N) is 2. The molecule has 0 fully saturated rings. The first kappa shape index (κ1) is 15.7. The number of nitrogens with two attached hydrogens (primary N) is 2. The highest BCUT2D eigenvalue weighted by atomic mass is 32.1. The fourth-order valence-corrected chi connectivity index (χ4v) is 1.93. The molecule has 0 saturated heterocycles. The smallest absolute Gasteiger partial charge is 0.184 e. The molecule has 7 heteroatoms. The molecule has 0 amide bonds. The summed E-state index contributed by atoms with van der Waals surface area (Å²) < 4.78 is 0. The first-order valence-corrected chi connectivity index (χ1v) is 7.17. The number of anilines is 2. The topological polar surface area (TPSA) is 101 Å². The molecule has 22 heavy (non-hydrogen) atoms. The number of rotatable bonds is 6. The van der Waals surface area contributed by atoms with E-state index < -0.39 is 0 Å². The molecule has 1 aromatic heterocycles. The van der Waals surface area contributed by atoms with Crippen LogP contribution < -0.4 is 22.2 Å². The third kappa shape index (κ3) is 5.02. The van der Waals surface area contributed by atoms with Crippen molar-refractivity contribution in [2.75, 3.05) is 17.6 Å². The number of hydrazone groups is 1. The minimum atomic E-state index is 0.123. The van der Waals surface area contributed by atoms with Crippen LogP contribution in [0.2, 0.25) is 0 Å². The third-order valence-electron chi connectivity index (χ3n) is 2.92. The minimum absolute atomic E-state index is 0.123. The van der Waals surface area contributed by atoms with Crippen LogP contribution in [0, 0.1) is 0 Å². The Hall–Kier alpha value is -2.67. The molecule has 0 aliphatic carbocycles. The zero-order valence-corrected chi connectivity index (χ0v) is 12.8. The molecule has 0 unspecified atom stereocenters. The van der Waals surface area contributed by atoms with Gasteiger partial charge in [-0.05, 0) is 48.0 Å². The number of pyridine rings is 1. The van der Waals surface area contributed by atoms with Gasteiger partial charge in [0.15, 0.2) is 5.11 Å². The van der Waals surface area contributed by atoms with Crippen LogP contribution in [0.1, 0.15) is 11.1 Å². The van der Waals surface area contributed by atoms with E-state index in [1.165, 1.54) is 5.56 Å². The van der Waals surface area contributed by atoms with Crippen molar-refractivity contribution in [1.82, 2.24) is 10.4 Å². The lowest BCUT2D eigenvalue weighted by Crippen LogP contribution is -2.23. The SMILES string of the molecule is NC(=S)N/N=C/c1ccc(NCCc2cccnc2)c(N)c1. The maximum Gasteiger partial charge on any atom is 0.184 e. The van der Waals surface area contributed by atoms with E-state index in [2.05, 4.69) is 33.0 Å². The molecule has 0 aliphatic heterocycles. The molecule has 1 aromatic carbocycles. The third-order valence-corrected chi connectivity index (χ3v) is 3.01. The summed E-state index contributed by atoms with van der Waals surface area (Å²) in [5.74, 6) is 0. The van der Waals surface area contributed by atoms with Crippen LogP contribution in [0.4, 0.5) is 11.4 Å². The van der Waals surface area contributed by atoms with Gasteiger partial charge >= 0.3 is 0 Å². The molecule has 2 rings (SSSR count). The van der Waals surface area contributed by atoms with E-state index in [0.29, 0.717) is 5.69 Å². The molecule has 1 heterocycles. The first-order chi connectivity index (χ1) is 10.6. The van der Waals surface area contributed by atoms with Crippen molar-refractivity contribution in [2.45, 2.75) is 6.42 Å². The Kier molecular flexibility index (Phi) is 5.67. The van der Waals surface area contributed by atoms with E-state index in [9.17, 15) is 0 Å². The van der Waals surface area contributed by atoms with Gasteiger partial charge in [0.05, 0.1) is 17.6 Å². The molecule has 6 N–H and O–H groups in total. The standard InChI is InChI=1S/C15H18N6S/c16-13-8-12(10-20-21-15(17)22)3-4-14(13)19-7-5-11-2-1-6-18-9-11/h1-4,6,8-10,19H,5,7,16H2,(H3,17,21,22)/b20-10+. The predicted octanol–water partition coefficient (Wildman–Crippen LogP) is 1.49. The Balaban J connectivity index is 1.89. The lowest BCUT2D eigenvalue weighted by molar-refractivity contribution is 1.01. The molecule has 114 valence electrons. The molecule has 6 nitrogen and oxygen atoms in total. The van der Waals surface area contributed by atoms with Gasteiger partial charge in [0.2, 0.25) is 0 Å². The lowest BCUT2D eigenvalue weighted by Gasteiger charge is -2.10. The zero-order chi connectivity index (χ0) is 15.8. The van der Waals surface area contributed by atoms with Crippen LogP contribution in [0.25, 0.3) is 0 Å². The van der Waals surface area contributed by atoms with Gasteiger partial charge in [-0.25, -0.2) is 0 Å². The fourth-order valence-electron chi connectivity index (χ4n) is 1.88. The monoisotopic (exact) mass is 314 g/mol. The molecule has 0 bridgehead atoms. The van der Waals surface area contributed by atoms with Gasteiger partial charge in [0, 0.05) is 18.9 Å². The van der Waals surface area contributed by atoms with Crippen LogP contribution in [0.5, 0.6) is 0 Å². The second kappa shape index (κ2) is 7.94. The maximum atomic E-state index is 6.02. The number of aromatic nitrogens is 1. The first-order valence-electron chi connectivity index (χ1n) is 6.76. The normalized spacial score (nSPS) is 10.5. The molecule has 0 spiro atoms. The number of benzene rings is 1. The second-order valence-corrected chi connectivity index (χ2v) is 5.06. The lowest BCUT2D eigenvalue weighted by atomic mass is 10.1. The number of hydrogen-bond acceptors (Lipinski definition) is 5. The van der Waals surface area contributed by atoms with Gasteiger partial charge in [-0.15, -0.1) is 0 Å². The Bertz CT molecular complexity index is 656. The van der Waals surface area contributed by atoms with Crippen molar-refractivity contribution in [3.8, 4) is 0 Å². The predicted molar refractivity (Wildman–Crippen MR) is 94.8 cm³/mol.